The van der Waals surface area contributed by atoms with E-state index in [1.54, 1.807) is 0 Å². The first-order valence-electron chi connectivity index (χ1n) is 6.77. The molecule has 3 rings (SSSR count). The second kappa shape index (κ2) is 5.76. The molecule has 0 bridgehead atoms. The lowest BCUT2D eigenvalue weighted by atomic mass is 10.0. The molecule has 114 valence electrons. The molecule has 2 heterocycles. The number of hydrogen-bond acceptors (Lipinski definition) is 4. The maximum atomic E-state index is 13.7. The molecular weight excluding hydrogens is 292 g/mol. The van der Waals surface area contributed by atoms with Crippen LogP contribution in [0.4, 0.5) is 8.78 Å². The number of carboxylic acid groups (broad SMARTS) is 1. The van der Waals surface area contributed by atoms with Gasteiger partial charge < -0.3 is 5.11 Å². The molecule has 0 amide bonds. The molecule has 2 aromatic rings. The van der Waals surface area contributed by atoms with Crippen LogP contribution >= 0.6 is 0 Å². The summed E-state index contributed by atoms with van der Waals surface area (Å²) in [5.74, 6) is -2.26. The largest absolute Gasteiger partial charge is 0.477 e. The number of aromatic carboxylic acids is 1. The number of halogens is 2. The Bertz CT molecular complexity index is 737. The van der Waals surface area contributed by atoms with E-state index < -0.39 is 17.6 Å². The van der Waals surface area contributed by atoms with Gasteiger partial charge in [-0.3, -0.25) is 4.90 Å². The highest BCUT2D eigenvalue weighted by Gasteiger charge is 2.24. The molecule has 5 nitrogen and oxygen atoms in total. The second-order valence-corrected chi connectivity index (χ2v) is 5.15. The zero-order valence-corrected chi connectivity index (χ0v) is 11.6. The highest BCUT2D eigenvalue weighted by Crippen LogP contribution is 2.21. The van der Waals surface area contributed by atoms with Crippen molar-refractivity contribution in [3.63, 3.8) is 0 Å². The molecule has 0 atom stereocenters. The fourth-order valence-electron chi connectivity index (χ4n) is 2.62. The highest BCUT2D eigenvalue weighted by atomic mass is 19.1. The Morgan fingerprint density at radius 3 is 2.86 bits per heavy atom. The van der Waals surface area contributed by atoms with Crippen LogP contribution in [0.2, 0.25) is 0 Å². The van der Waals surface area contributed by atoms with Gasteiger partial charge in [0.25, 0.3) is 0 Å². The fraction of sp³-hybridized carbons (Fsp3) is 0.267. The molecule has 1 aliphatic heterocycles. The van der Waals surface area contributed by atoms with Gasteiger partial charge in [0.15, 0.2) is 5.69 Å². The SMILES string of the molecule is O=C(O)c1ncnc2c1CCN(Cc1ccc(F)cc1F)C2. The van der Waals surface area contributed by atoms with Gasteiger partial charge in [-0.2, -0.15) is 0 Å². The summed E-state index contributed by atoms with van der Waals surface area (Å²) in [6.07, 6.45) is 1.71. The summed E-state index contributed by atoms with van der Waals surface area (Å²) in [6.45, 7) is 1.30. The van der Waals surface area contributed by atoms with Gasteiger partial charge >= 0.3 is 5.97 Å². The zero-order valence-electron chi connectivity index (χ0n) is 11.6. The van der Waals surface area contributed by atoms with E-state index in [0.29, 0.717) is 42.9 Å². The molecule has 7 heteroatoms. The molecule has 1 N–H and O–H groups in total. The summed E-state index contributed by atoms with van der Waals surface area (Å²) in [7, 11) is 0. The van der Waals surface area contributed by atoms with Gasteiger partial charge in [-0.15, -0.1) is 0 Å². The van der Waals surface area contributed by atoms with Crippen molar-refractivity contribution < 1.29 is 18.7 Å². The Hall–Kier alpha value is -2.41. The van der Waals surface area contributed by atoms with E-state index in [4.69, 9.17) is 5.11 Å². The smallest absolute Gasteiger partial charge is 0.354 e. The topological polar surface area (TPSA) is 66.3 Å². The molecule has 0 fully saturated rings. The normalized spacial score (nSPS) is 14.6. The molecule has 0 radical (unpaired) electrons. The van der Waals surface area contributed by atoms with Gasteiger partial charge in [-0.05, 0) is 12.5 Å². The van der Waals surface area contributed by atoms with Crippen LogP contribution in [0.1, 0.15) is 27.3 Å². The minimum atomic E-state index is -1.07. The number of rotatable bonds is 3. The standard InChI is InChI=1S/C15H13F2N3O2/c16-10-2-1-9(12(17)5-10)6-20-4-3-11-13(7-20)18-8-19-14(11)15(21)22/h1-2,5,8H,3-4,6-7H2,(H,21,22). The van der Waals surface area contributed by atoms with E-state index in [1.807, 2.05) is 4.90 Å². The predicted molar refractivity (Wildman–Crippen MR) is 73.2 cm³/mol. The lowest BCUT2D eigenvalue weighted by Gasteiger charge is -2.28. The van der Waals surface area contributed by atoms with Crippen molar-refractivity contribution in [2.24, 2.45) is 0 Å². The maximum Gasteiger partial charge on any atom is 0.354 e. The van der Waals surface area contributed by atoms with E-state index in [2.05, 4.69) is 9.97 Å². The van der Waals surface area contributed by atoms with Crippen molar-refractivity contribution in [3.8, 4) is 0 Å². The van der Waals surface area contributed by atoms with Crippen molar-refractivity contribution in [2.75, 3.05) is 6.54 Å². The van der Waals surface area contributed by atoms with Crippen molar-refractivity contribution in [3.05, 3.63) is 58.7 Å². The van der Waals surface area contributed by atoms with Crippen LogP contribution in [-0.4, -0.2) is 32.5 Å². The van der Waals surface area contributed by atoms with E-state index >= 15 is 0 Å². The van der Waals surface area contributed by atoms with E-state index in [-0.39, 0.29) is 5.69 Å². The van der Waals surface area contributed by atoms with Crippen LogP contribution in [-0.2, 0) is 19.5 Å². The van der Waals surface area contributed by atoms with E-state index in [1.165, 1.54) is 18.5 Å². The number of hydrogen-bond donors (Lipinski definition) is 1. The molecule has 1 aromatic carbocycles. The number of benzene rings is 1. The van der Waals surface area contributed by atoms with E-state index in [0.717, 1.165) is 6.07 Å². The molecule has 0 spiro atoms. The minimum Gasteiger partial charge on any atom is -0.477 e. The van der Waals surface area contributed by atoms with Crippen LogP contribution in [0.15, 0.2) is 24.5 Å². The summed E-state index contributed by atoms with van der Waals surface area (Å²) >= 11 is 0. The van der Waals surface area contributed by atoms with Gasteiger partial charge in [-0.1, -0.05) is 6.07 Å². The molecule has 0 saturated carbocycles. The third-order valence-corrected chi connectivity index (χ3v) is 3.70. The van der Waals surface area contributed by atoms with Crippen molar-refractivity contribution in [1.82, 2.24) is 14.9 Å². The third kappa shape index (κ3) is 2.80. The first kappa shape index (κ1) is 14.5. The Labute approximate surface area is 125 Å². The maximum absolute atomic E-state index is 13.7. The Balaban J connectivity index is 1.80. The summed E-state index contributed by atoms with van der Waals surface area (Å²) in [5, 5.41) is 9.12. The number of nitrogens with zero attached hydrogens (tertiary/aromatic N) is 3. The average Bonchev–Trinajstić information content (AvgIpc) is 2.49. The molecule has 1 aromatic heterocycles. The van der Waals surface area contributed by atoms with Crippen LogP contribution in [0.5, 0.6) is 0 Å². The second-order valence-electron chi connectivity index (χ2n) is 5.15. The molecule has 0 saturated heterocycles. The summed E-state index contributed by atoms with van der Waals surface area (Å²) in [4.78, 5) is 21.0. The van der Waals surface area contributed by atoms with Crippen LogP contribution in [0.3, 0.4) is 0 Å². The van der Waals surface area contributed by atoms with Crippen molar-refractivity contribution in [2.45, 2.75) is 19.5 Å². The number of fused-ring (bicyclic) bond motifs is 1. The van der Waals surface area contributed by atoms with Crippen molar-refractivity contribution >= 4 is 5.97 Å². The van der Waals surface area contributed by atoms with Gasteiger partial charge in [0.1, 0.15) is 18.0 Å². The number of aromatic nitrogens is 2. The van der Waals surface area contributed by atoms with Gasteiger partial charge in [0.05, 0.1) is 5.69 Å². The Kier molecular flexibility index (Phi) is 3.81. The van der Waals surface area contributed by atoms with Gasteiger partial charge in [0, 0.05) is 36.8 Å². The molecule has 22 heavy (non-hydrogen) atoms. The Morgan fingerprint density at radius 2 is 2.14 bits per heavy atom. The molecule has 0 unspecified atom stereocenters. The summed E-state index contributed by atoms with van der Waals surface area (Å²) < 4.78 is 26.6. The third-order valence-electron chi connectivity index (χ3n) is 3.70. The van der Waals surface area contributed by atoms with E-state index in [9.17, 15) is 13.6 Å². The fourth-order valence-corrected chi connectivity index (χ4v) is 2.62. The highest BCUT2D eigenvalue weighted by molar-refractivity contribution is 5.87. The predicted octanol–water partition coefficient (Wildman–Crippen LogP) is 2.01. The lowest BCUT2D eigenvalue weighted by molar-refractivity contribution is 0.0687. The van der Waals surface area contributed by atoms with Gasteiger partial charge in [-0.25, -0.2) is 23.5 Å². The van der Waals surface area contributed by atoms with Crippen LogP contribution in [0, 0.1) is 11.6 Å². The van der Waals surface area contributed by atoms with Crippen LogP contribution in [0.25, 0.3) is 0 Å². The Morgan fingerprint density at radius 1 is 1.32 bits per heavy atom. The summed E-state index contributed by atoms with van der Waals surface area (Å²) in [5.41, 5.74) is 1.70. The number of carbonyl (C=O) groups is 1. The quantitative estimate of drug-likeness (QED) is 0.939. The average molecular weight is 305 g/mol. The van der Waals surface area contributed by atoms with Gasteiger partial charge in [0.2, 0.25) is 0 Å². The van der Waals surface area contributed by atoms with Crippen molar-refractivity contribution in [1.29, 1.82) is 0 Å². The summed E-state index contributed by atoms with van der Waals surface area (Å²) in [6, 6.07) is 3.50. The zero-order chi connectivity index (χ0) is 15.7. The monoisotopic (exact) mass is 305 g/mol. The first-order valence-corrected chi connectivity index (χ1v) is 6.77. The van der Waals surface area contributed by atoms with Crippen LogP contribution < -0.4 is 0 Å². The number of carboxylic acids is 1. The lowest BCUT2D eigenvalue weighted by Crippen LogP contribution is -2.32. The minimum absolute atomic E-state index is 0.0256. The molecular formula is C15H13F2N3O2. The first-order chi connectivity index (χ1) is 10.5. The molecule has 1 aliphatic rings. The molecule has 0 aliphatic carbocycles.